The van der Waals surface area contributed by atoms with Crippen LogP contribution in [0.1, 0.15) is 72.4 Å². The molecule has 1 saturated carbocycles. The largest absolute Gasteiger partial charge is 0.497 e. The third kappa shape index (κ3) is 6.61. The summed E-state index contributed by atoms with van der Waals surface area (Å²) >= 11 is 0. The molecule has 1 aliphatic carbocycles. The SMILES string of the molecule is COc1ccc(-n2nc(C(C)(C)C)cc2NC(=O)CN(CCC(C)C)C(=O)C2CCCC2)cc1. The fourth-order valence-corrected chi connectivity index (χ4v) is 4.22. The second kappa shape index (κ2) is 11.1. The van der Waals surface area contributed by atoms with Crippen molar-refractivity contribution in [2.45, 2.75) is 72.1 Å². The molecule has 1 aliphatic rings. The number of amides is 2. The molecule has 1 fully saturated rings. The topological polar surface area (TPSA) is 76.5 Å². The molecule has 7 nitrogen and oxygen atoms in total. The van der Waals surface area contributed by atoms with Gasteiger partial charge in [0.2, 0.25) is 11.8 Å². The number of aromatic nitrogens is 2. The summed E-state index contributed by atoms with van der Waals surface area (Å²) in [6.07, 6.45) is 4.92. The summed E-state index contributed by atoms with van der Waals surface area (Å²) in [5.41, 5.74) is 1.52. The van der Waals surface area contributed by atoms with Gasteiger partial charge in [0.15, 0.2) is 0 Å². The van der Waals surface area contributed by atoms with Crippen LogP contribution in [0.25, 0.3) is 5.69 Å². The van der Waals surface area contributed by atoms with Crippen molar-refractivity contribution < 1.29 is 14.3 Å². The Balaban J connectivity index is 1.81. The van der Waals surface area contributed by atoms with Crippen LogP contribution < -0.4 is 10.1 Å². The molecule has 1 aromatic heterocycles. The Kier molecular flexibility index (Phi) is 8.39. The summed E-state index contributed by atoms with van der Waals surface area (Å²) in [7, 11) is 1.63. The van der Waals surface area contributed by atoms with E-state index in [0.29, 0.717) is 18.3 Å². The monoisotopic (exact) mass is 468 g/mol. The minimum atomic E-state index is -0.203. The molecule has 0 bridgehead atoms. The quantitative estimate of drug-likeness (QED) is 0.550. The fraction of sp³-hybridized carbons (Fsp3) is 0.593. The van der Waals surface area contributed by atoms with Crippen molar-refractivity contribution in [3.05, 3.63) is 36.0 Å². The van der Waals surface area contributed by atoms with E-state index in [1.54, 1.807) is 16.7 Å². The first-order valence-electron chi connectivity index (χ1n) is 12.4. The predicted molar refractivity (Wildman–Crippen MR) is 135 cm³/mol. The van der Waals surface area contributed by atoms with Crippen molar-refractivity contribution in [3.8, 4) is 11.4 Å². The molecule has 1 N–H and O–H groups in total. The second-order valence-electron chi connectivity index (χ2n) is 10.7. The number of nitrogens with zero attached hydrogens (tertiary/aromatic N) is 3. The predicted octanol–water partition coefficient (Wildman–Crippen LogP) is 5.18. The van der Waals surface area contributed by atoms with Gasteiger partial charge >= 0.3 is 0 Å². The van der Waals surface area contributed by atoms with Gasteiger partial charge in [0.1, 0.15) is 11.6 Å². The Hall–Kier alpha value is -2.83. The zero-order valence-corrected chi connectivity index (χ0v) is 21.6. The summed E-state index contributed by atoms with van der Waals surface area (Å²) in [5, 5.41) is 7.81. The van der Waals surface area contributed by atoms with Crippen LogP contribution in [0.4, 0.5) is 5.82 Å². The zero-order chi connectivity index (χ0) is 24.9. The molecule has 3 rings (SSSR count). The highest BCUT2D eigenvalue weighted by atomic mass is 16.5. The molecule has 1 aromatic carbocycles. The molecule has 2 amide bonds. The molecule has 186 valence electrons. The van der Waals surface area contributed by atoms with Crippen LogP contribution in [0.5, 0.6) is 5.75 Å². The average Bonchev–Trinajstić information content (AvgIpc) is 3.46. The first-order valence-corrected chi connectivity index (χ1v) is 12.4. The third-order valence-electron chi connectivity index (χ3n) is 6.39. The summed E-state index contributed by atoms with van der Waals surface area (Å²) in [4.78, 5) is 28.1. The standard InChI is InChI=1S/C27H40N4O3/c1-19(2)15-16-30(26(33)20-9-7-8-10-20)18-25(32)28-24-17-23(27(3,4)5)29-31(24)21-11-13-22(34-6)14-12-21/h11-14,17,19-20H,7-10,15-16,18H2,1-6H3,(H,28,32). The maximum atomic E-state index is 13.2. The van der Waals surface area contributed by atoms with Gasteiger partial charge in [-0.15, -0.1) is 0 Å². The maximum absolute atomic E-state index is 13.2. The Labute approximate surface area is 203 Å². The van der Waals surface area contributed by atoms with Crippen LogP contribution in [-0.2, 0) is 15.0 Å². The van der Waals surface area contributed by atoms with E-state index in [0.717, 1.165) is 49.2 Å². The zero-order valence-electron chi connectivity index (χ0n) is 21.6. The van der Waals surface area contributed by atoms with Crippen molar-refractivity contribution in [2.24, 2.45) is 11.8 Å². The van der Waals surface area contributed by atoms with Gasteiger partial charge in [-0.3, -0.25) is 9.59 Å². The molecular weight excluding hydrogens is 428 g/mol. The van der Waals surface area contributed by atoms with Gasteiger partial charge < -0.3 is 15.0 Å². The van der Waals surface area contributed by atoms with E-state index in [4.69, 9.17) is 9.84 Å². The van der Waals surface area contributed by atoms with E-state index in [1.165, 1.54) is 0 Å². The van der Waals surface area contributed by atoms with Gasteiger partial charge in [0.25, 0.3) is 0 Å². The van der Waals surface area contributed by atoms with Crippen LogP contribution in [0.15, 0.2) is 30.3 Å². The highest BCUT2D eigenvalue weighted by molar-refractivity contribution is 5.94. The Bertz CT molecular complexity index is 967. The van der Waals surface area contributed by atoms with E-state index in [9.17, 15) is 9.59 Å². The number of rotatable bonds is 9. The van der Waals surface area contributed by atoms with Crippen molar-refractivity contribution in [3.63, 3.8) is 0 Å². The smallest absolute Gasteiger partial charge is 0.245 e. The molecule has 0 aliphatic heterocycles. The number of benzene rings is 1. The van der Waals surface area contributed by atoms with Crippen LogP contribution in [0.3, 0.4) is 0 Å². The van der Waals surface area contributed by atoms with Crippen molar-refractivity contribution in [1.82, 2.24) is 14.7 Å². The van der Waals surface area contributed by atoms with E-state index < -0.39 is 0 Å². The number of ether oxygens (including phenoxy) is 1. The lowest BCUT2D eigenvalue weighted by atomic mass is 9.92. The molecule has 0 unspecified atom stereocenters. The van der Waals surface area contributed by atoms with E-state index in [1.807, 2.05) is 30.3 Å². The molecule has 2 aromatic rings. The molecule has 1 heterocycles. The molecule has 0 spiro atoms. The molecule has 0 saturated heterocycles. The van der Waals surface area contributed by atoms with Gasteiger partial charge in [0.05, 0.1) is 25.0 Å². The van der Waals surface area contributed by atoms with Gasteiger partial charge in [0, 0.05) is 23.9 Å². The lowest BCUT2D eigenvalue weighted by molar-refractivity contribution is -0.138. The van der Waals surface area contributed by atoms with E-state index >= 15 is 0 Å². The van der Waals surface area contributed by atoms with Crippen molar-refractivity contribution in [1.29, 1.82) is 0 Å². The van der Waals surface area contributed by atoms with Crippen LogP contribution in [0, 0.1) is 11.8 Å². The van der Waals surface area contributed by atoms with Crippen LogP contribution >= 0.6 is 0 Å². The van der Waals surface area contributed by atoms with Crippen molar-refractivity contribution in [2.75, 3.05) is 25.5 Å². The molecular formula is C27H40N4O3. The molecule has 0 radical (unpaired) electrons. The average molecular weight is 469 g/mol. The Morgan fingerprint density at radius 3 is 2.38 bits per heavy atom. The lowest BCUT2D eigenvalue weighted by Crippen LogP contribution is -2.41. The number of hydrogen-bond donors (Lipinski definition) is 1. The maximum Gasteiger partial charge on any atom is 0.245 e. The van der Waals surface area contributed by atoms with Crippen LogP contribution in [-0.4, -0.2) is 46.7 Å². The fourth-order valence-electron chi connectivity index (χ4n) is 4.22. The van der Waals surface area contributed by atoms with E-state index in [2.05, 4.69) is 39.9 Å². The first kappa shape index (κ1) is 25.8. The molecule has 0 atom stereocenters. The first-order chi connectivity index (χ1) is 16.1. The summed E-state index contributed by atoms with van der Waals surface area (Å²) < 4.78 is 7.02. The molecule has 7 heteroatoms. The van der Waals surface area contributed by atoms with E-state index in [-0.39, 0.29) is 29.7 Å². The normalized spacial score (nSPS) is 14.4. The second-order valence-corrected chi connectivity index (χ2v) is 10.7. The number of nitrogens with one attached hydrogen (secondary N) is 1. The minimum Gasteiger partial charge on any atom is -0.497 e. The number of carbonyl (C=O) groups is 2. The lowest BCUT2D eigenvalue weighted by Gasteiger charge is -2.26. The Morgan fingerprint density at radius 1 is 1.18 bits per heavy atom. The molecule has 34 heavy (non-hydrogen) atoms. The third-order valence-corrected chi connectivity index (χ3v) is 6.39. The van der Waals surface area contributed by atoms with Gasteiger partial charge in [-0.2, -0.15) is 5.10 Å². The summed E-state index contributed by atoms with van der Waals surface area (Å²) in [6, 6.07) is 9.47. The summed E-state index contributed by atoms with van der Waals surface area (Å²) in [5.74, 6) is 1.78. The van der Waals surface area contributed by atoms with Crippen molar-refractivity contribution >= 4 is 17.6 Å². The summed E-state index contributed by atoms with van der Waals surface area (Å²) in [6.45, 7) is 11.2. The Morgan fingerprint density at radius 2 is 1.82 bits per heavy atom. The highest BCUT2D eigenvalue weighted by Crippen LogP contribution is 2.28. The van der Waals surface area contributed by atoms with Gasteiger partial charge in [-0.05, 0) is 49.4 Å². The van der Waals surface area contributed by atoms with Crippen LogP contribution in [0.2, 0.25) is 0 Å². The minimum absolute atomic E-state index is 0.0530. The van der Waals surface area contributed by atoms with Gasteiger partial charge in [-0.1, -0.05) is 47.5 Å². The number of carbonyl (C=O) groups excluding carboxylic acids is 2. The highest BCUT2D eigenvalue weighted by Gasteiger charge is 2.29. The number of methoxy groups -OCH3 is 1. The number of hydrogen-bond acceptors (Lipinski definition) is 4. The number of anilines is 1. The van der Waals surface area contributed by atoms with Gasteiger partial charge in [-0.25, -0.2) is 4.68 Å².